The number of nitrogens with one attached hydrogen (secondary N) is 1. The van der Waals surface area contributed by atoms with Crippen molar-refractivity contribution in [1.29, 1.82) is 0 Å². The number of nitrogens with zero attached hydrogens (tertiary/aromatic N) is 2. The Labute approximate surface area is 109 Å². The molecule has 2 amide bonds. The first-order valence-electron chi connectivity index (χ1n) is 6.92. The third-order valence-corrected chi connectivity index (χ3v) is 3.99. The molecule has 0 aromatic heterocycles. The van der Waals surface area contributed by atoms with E-state index in [-0.39, 0.29) is 6.03 Å². The van der Waals surface area contributed by atoms with Crippen LogP contribution in [0.1, 0.15) is 20.3 Å². The highest BCUT2D eigenvalue weighted by atomic mass is 16.5. The highest BCUT2D eigenvalue weighted by molar-refractivity contribution is 5.76. The third-order valence-electron chi connectivity index (χ3n) is 3.99. The van der Waals surface area contributed by atoms with Crippen LogP contribution in [0.25, 0.3) is 0 Å². The summed E-state index contributed by atoms with van der Waals surface area (Å²) in [4.78, 5) is 16.0. The van der Waals surface area contributed by atoms with Gasteiger partial charge in [0.15, 0.2) is 0 Å². The van der Waals surface area contributed by atoms with Crippen molar-refractivity contribution in [3.05, 3.63) is 0 Å². The summed E-state index contributed by atoms with van der Waals surface area (Å²) in [5, 5.41) is 3.43. The highest BCUT2D eigenvalue weighted by Crippen LogP contribution is 2.20. The van der Waals surface area contributed by atoms with Gasteiger partial charge in [-0.15, -0.1) is 0 Å². The Kier molecular flexibility index (Phi) is 4.45. The second kappa shape index (κ2) is 5.89. The molecule has 0 saturated carbocycles. The summed E-state index contributed by atoms with van der Waals surface area (Å²) < 4.78 is 5.43. The zero-order valence-electron chi connectivity index (χ0n) is 11.7. The van der Waals surface area contributed by atoms with Gasteiger partial charge in [0.1, 0.15) is 0 Å². The van der Waals surface area contributed by atoms with Crippen molar-refractivity contribution in [3.63, 3.8) is 0 Å². The van der Waals surface area contributed by atoms with Gasteiger partial charge in [-0.2, -0.15) is 0 Å². The molecule has 2 rings (SSSR count). The predicted octanol–water partition coefficient (Wildman–Crippen LogP) is 0.757. The second-order valence-corrected chi connectivity index (χ2v) is 5.67. The maximum Gasteiger partial charge on any atom is 0.320 e. The largest absolute Gasteiger partial charge is 0.379 e. The molecule has 2 aliphatic rings. The second-order valence-electron chi connectivity index (χ2n) is 5.67. The molecular weight excluding hydrogens is 230 g/mol. The Bertz CT molecular complexity index is 290. The topological polar surface area (TPSA) is 44.8 Å². The Balaban J connectivity index is 1.81. The fourth-order valence-electron chi connectivity index (χ4n) is 2.75. The summed E-state index contributed by atoms with van der Waals surface area (Å²) in [7, 11) is 1.91. The molecule has 2 unspecified atom stereocenters. The normalized spacial score (nSPS) is 29.4. The minimum absolute atomic E-state index is 0.172. The van der Waals surface area contributed by atoms with Crippen LogP contribution in [0.2, 0.25) is 0 Å². The molecule has 104 valence electrons. The summed E-state index contributed by atoms with van der Waals surface area (Å²) >= 11 is 0. The maximum atomic E-state index is 12.1. The van der Waals surface area contributed by atoms with E-state index < -0.39 is 0 Å². The standard InChI is InChI=1S/C13H25N3O2/c1-10(2)12-8-16(13(17)15(12)3)6-4-11-9-18-7-5-14-11/h10-12,14H,4-9H2,1-3H3. The van der Waals surface area contributed by atoms with Gasteiger partial charge in [0.25, 0.3) is 0 Å². The van der Waals surface area contributed by atoms with Crippen LogP contribution < -0.4 is 5.32 Å². The van der Waals surface area contributed by atoms with Crippen LogP contribution in [0.5, 0.6) is 0 Å². The molecule has 0 radical (unpaired) electrons. The van der Waals surface area contributed by atoms with Crippen molar-refractivity contribution >= 4 is 6.03 Å². The molecule has 2 saturated heterocycles. The van der Waals surface area contributed by atoms with Gasteiger partial charge in [0, 0.05) is 32.7 Å². The van der Waals surface area contributed by atoms with Crippen molar-refractivity contribution < 1.29 is 9.53 Å². The molecule has 0 aromatic carbocycles. The van der Waals surface area contributed by atoms with Gasteiger partial charge in [-0.1, -0.05) is 13.8 Å². The smallest absolute Gasteiger partial charge is 0.320 e. The van der Waals surface area contributed by atoms with Gasteiger partial charge >= 0.3 is 6.03 Å². The molecule has 18 heavy (non-hydrogen) atoms. The van der Waals surface area contributed by atoms with E-state index in [2.05, 4.69) is 19.2 Å². The number of ether oxygens (including phenoxy) is 1. The van der Waals surface area contributed by atoms with Gasteiger partial charge in [0.05, 0.1) is 19.3 Å². The van der Waals surface area contributed by atoms with Crippen LogP contribution in [0.15, 0.2) is 0 Å². The Morgan fingerprint density at radius 3 is 2.83 bits per heavy atom. The lowest BCUT2D eigenvalue weighted by Gasteiger charge is -2.25. The third kappa shape index (κ3) is 2.95. The monoisotopic (exact) mass is 255 g/mol. The lowest BCUT2D eigenvalue weighted by molar-refractivity contribution is 0.0716. The van der Waals surface area contributed by atoms with Crippen molar-refractivity contribution in [2.45, 2.75) is 32.4 Å². The van der Waals surface area contributed by atoms with E-state index in [4.69, 9.17) is 4.74 Å². The highest BCUT2D eigenvalue weighted by Gasteiger charge is 2.36. The van der Waals surface area contributed by atoms with E-state index in [1.807, 2.05) is 16.8 Å². The first kappa shape index (κ1) is 13.6. The van der Waals surface area contributed by atoms with Crippen LogP contribution >= 0.6 is 0 Å². The Morgan fingerprint density at radius 1 is 1.50 bits per heavy atom. The minimum Gasteiger partial charge on any atom is -0.379 e. The van der Waals surface area contributed by atoms with Gasteiger partial charge < -0.3 is 19.9 Å². The number of carbonyl (C=O) groups is 1. The Morgan fingerprint density at radius 2 is 2.28 bits per heavy atom. The number of urea groups is 1. The van der Waals surface area contributed by atoms with Crippen molar-refractivity contribution in [2.24, 2.45) is 5.92 Å². The van der Waals surface area contributed by atoms with E-state index >= 15 is 0 Å². The molecule has 5 heteroatoms. The van der Waals surface area contributed by atoms with Crippen molar-refractivity contribution in [1.82, 2.24) is 15.1 Å². The fraction of sp³-hybridized carbons (Fsp3) is 0.923. The van der Waals surface area contributed by atoms with Gasteiger partial charge in [0.2, 0.25) is 0 Å². The van der Waals surface area contributed by atoms with Crippen molar-refractivity contribution in [2.75, 3.05) is 39.9 Å². The average Bonchev–Trinajstić information content (AvgIpc) is 2.65. The van der Waals surface area contributed by atoms with Gasteiger partial charge in [-0.25, -0.2) is 4.79 Å². The molecule has 2 atom stereocenters. The number of hydrogen-bond acceptors (Lipinski definition) is 3. The van der Waals surface area contributed by atoms with E-state index in [9.17, 15) is 4.79 Å². The van der Waals surface area contributed by atoms with Crippen molar-refractivity contribution in [3.8, 4) is 0 Å². The number of morpholine rings is 1. The fourth-order valence-corrected chi connectivity index (χ4v) is 2.75. The van der Waals surface area contributed by atoms with E-state index in [0.717, 1.165) is 39.3 Å². The molecular formula is C13H25N3O2. The molecule has 2 fully saturated rings. The molecule has 0 bridgehead atoms. The zero-order chi connectivity index (χ0) is 13.1. The summed E-state index contributed by atoms with van der Waals surface area (Å²) in [6.45, 7) is 8.53. The number of rotatable bonds is 4. The SMILES string of the molecule is CC(C)C1CN(CCC2COCCN2)C(=O)N1C. The summed E-state index contributed by atoms with van der Waals surface area (Å²) in [6, 6.07) is 0.924. The lowest BCUT2D eigenvalue weighted by Crippen LogP contribution is -2.43. The first-order chi connectivity index (χ1) is 8.59. The van der Waals surface area contributed by atoms with E-state index in [1.54, 1.807) is 0 Å². The predicted molar refractivity (Wildman–Crippen MR) is 70.6 cm³/mol. The zero-order valence-corrected chi connectivity index (χ0v) is 11.7. The molecule has 2 aliphatic heterocycles. The number of likely N-dealkylation sites (N-methyl/N-ethyl adjacent to an activating group) is 1. The minimum atomic E-state index is 0.172. The maximum absolute atomic E-state index is 12.1. The molecule has 0 aliphatic carbocycles. The number of carbonyl (C=O) groups excluding carboxylic acids is 1. The Hall–Kier alpha value is -0.810. The summed E-state index contributed by atoms with van der Waals surface area (Å²) in [6.07, 6.45) is 0.977. The molecule has 2 heterocycles. The van der Waals surface area contributed by atoms with E-state index in [0.29, 0.717) is 18.0 Å². The molecule has 0 spiro atoms. The number of amides is 2. The van der Waals surface area contributed by atoms with Crippen LogP contribution in [-0.4, -0.2) is 67.8 Å². The summed E-state index contributed by atoms with van der Waals surface area (Å²) in [5.41, 5.74) is 0. The lowest BCUT2D eigenvalue weighted by atomic mass is 10.0. The van der Waals surface area contributed by atoms with Crippen LogP contribution in [-0.2, 0) is 4.74 Å². The van der Waals surface area contributed by atoms with Crippen LogP contribution in [0, 0.1) is 5.92 Å². The first-order valence-corrected chi connectivity index (χ1v) is 6.92. The quantitative estimate of drug-likeness (QED) is 0.806. The number of hydrogen-bond donors (Lipinski definition) is 1. The van der Waals surface area contributed by atoms with Gasteiger partial charge in [-0.05, 0) is 12.3 Å². The van der Waals surface area contributed by atoms with Gasteiger partial charge in [-0.3, -0.25) is 0 Å². The molecule has 5 nitrogen and oxygen atoms in total. The van der Waals surface area contributed by atoms with Crippen LogP contribution in [0.3, 0.4) is 0 Å². The summed E-state index contributed by atoms with van der Waals surface area (Å²) in [5.74, 6) is 0.514. The molecule has 0 aromatic rings. The molecule has 1 N–H and O–H groups in total. The van der Waals surface area contributed by atoms with Crippen LogP contribution in [0.4, 0.5) is 4.79 Å². The van der Waals surface area contributed by atoms with E-state index in [1.165, 1.54) is 0 Å². The average molecular weight is 255 g/mol.